The lowest BCUT2D eigenvalue weighted by Crippen LogP contribution is -2.10. The predicted molar refractivity (Wildman–Crippen MR) is 60.9 cm³/mol. The molecule has 6 nitrogen and oxygen atoms in total. The Labute approximate surface area is 98.5 Å². The SMILES string of the molecule is CCn1cc(Cn2c(C(=O)O)cnc2C)cn1. The molecule has 2 aromatic rings. The van der Waals surface area contributed by atoms with Gasteiger partial charge in [0, 0.05) is 18.3 Å². The normalized spacial score (nSPS) is 10.7. The van der Waals surface area contributed by atoms with E-state index in [1.165, 1.54) is 6.20 Å². The van der Waals surface area contributed by atoms with E-state index in [-0.39, 0.29) is 5.69 Å². The van der Waals surface area contributed by atoms with Crippen LogP contribution >= 0.6 is 0 Å². The Morgan fingerprint density at radius 2 is 2.24 bits per heavy atom. The predicted octanol–water partition coefficient (Wildman–Crippen LogP) is 1.15. The van der Waals surface area contributed by atoms with Gasteiger partial charge in [0.2, 0.25) is 0 Å². The minimum Gasteiger partial charge on any atom is -0.477 e. The highest BCUT2D eigenvalue weighted by Gasteiger charge is 2.13. The average Bonchev–Trinajstić information content (AvgIpc) is 2.87. The van der Waals surface area contributed by atoms with Crippen LogP contribution in [-0.4, -0.2) is 30.4 Å². The third-order valence-corrected chi connectivity index (χ3v) is 2.63. The van der Waals surface area contributed by atoms with Crippen LogP contribution in [0.15, 0.2) is 18.6 Å². The maximum atomic E-state index is 11.0. The first-order valence-electron chi connectivity index (χ1n) is 5.38. The van der Waals surface area contributed by atoms with Crippen LogP contribution in [-0.2, 0) is 13.1 Å². The molecule has 0 aromatic carbocycles. The highest BCUT2D eigenvalue weighted by Crippen LogP contribution is 2.09. The molecule has 17 heavy (non-hydrogen) atoms. The van der Waals surface area contributed by atoms with Crippen molar-refractivity contribution >= 4 is 5.97 Å². The zero-order chi connectivity index (χ0) is 12.4. The third-order valence-electron chi connectivity index (χ3n) is 2.63. The number of hydrogen-bond donors (Lipinski definition) is 1. The fraction of sp³-hybridized carbons (Fsp3) is 0.364. The maximum Gasteiger partial charge on any atom is 0.354 e. The molecular weight excluding hydrogens is 220 g/mol. The van der Waals surface area contributed by atoms with Crippen LogP contribution in [0.4, 0.5) is 0 Å². The number of hydrogen-bond acceptors (Lipinski definition) is 3. The highest BCUT2D eigenvalue weighted by atomic mass is 16.4. The Hall–Kier alpha value is -2.11. The highest BCUT2D eigenvalue weighted by molar-refractivity contribution is 5.85. The molecular formula is C11H14N4O2. The van der Waals surface area contributed by atoms with Crippen molar-refractivity contribution < 1.29 is 9.90 Å². The van der Waals surface area contributed by atoms with Gasteiger partial charge in [0.25, 0.3) is 0 Å². The fourth-order valence-electron chi connectivity index (χ4n) is 1.68. The van der Waals surface area contributed by atoms with Gasteiger partial charge in [0.05, 0.1) is 18.9 Å². The molecule has 0 saturated heterocycles. The van der Waals surface area contributed by atoms with Crippen molar-refractivity contribution in [2.45, 2.75) is 26.9 Å². The first kappa shape index (κ1) is 11.4. The van der Waals surface area contributed by atoms with Gasteiger partial charge in [0.15, 0.2) is 0 Å². The van der Waals surface area contributed by atoms with Crippen LogP contribution in [0.5, 0.6) is 0 Å². The van der Waals surface area contributed by atoms with Gasteiger partial charge in [-0.05, 0) is 13.8 Å². The Morgan fingerprint density at radius 1 is 1.47 bits per heavy atom. The molecule has 0 amide bonds. The molecule has 2 heterocycles. The van der Waals surface area contributed by atoms with Gasteiger partial charge in [-0.3, -0.25) is 4.68 Å². The van der Waals surface area contributed by atoms with Gasteiger partial charge in [-0.15, -0.1) is 0 Å². The van der Waals surface area contributed by atoms with Gasteiger partial charge in [-0.25, -0.2) is 9.78 Å². The van der Waals surface area contributed by atoms with Crippen molar-refractivity contribution in [2.75, 3.05) is 0 Å². The van der Waals surface area contributed by atoms with E-state index in [2.05, 4.69) is 10.1 Å². The summed E-state index contributed by atoms with van der Waals surface area (Å²) in [5.41, 5.74) is 1.17. The summed E-state index contributed by atoms with van der Waals surface area (Å²) in [5.74, 6) is -0.278. The zero-order valence-electron chi connectivity index (χ0n) is 9.79. The molecule has 0 bridgehead atoms. The van der Waals surface area contributed by atoms with Gasteiger partial charge in [-0.1, -0.05) is 0 Å². The van der Waals surface area contributed by atoms with Crippen LogP contribution in [0.25, 0.3) is 0 Å². The van der Waals surface area contributed by atoms with Crippen molar-refractivity contribution in [1.82, 2.24) is 19.3 Å². The largest absolute Gasteiger partial charge is 0.477 e. The Morgan fingerprint density at radius 3 is 2.82 bits per heavy atom. The first-order chi connectivity index (χ1) is 8.11. The van der Waals surface area contributed by atoms with Crippen molar-refractivity contribution in [1.29, 1.82) is 0 Å². The summed E-state index contributed by atoms with van der Waals surface area (Å²) >= 11 is 0. The van der Waals surface area contributed by atoms with Gasteiger partial charge >= 0.3 is 5.97 Å². The zero-order valence-corrected chi connectivity index (χ0v) is 9.79. The Balaban J connectivity index is 2.29. The molecule has 0 aliphatic carbocycles. The lowest BCUT2D eigenvalue weighted by atomic mass is 10.3. The second-order valence-electron chi connectivity index (χ2n) is 3.79. The summed E-state index contributed by atoms with van der Waals surface area (Å²) < 4.78 is 3.47. The van der Waals surface area contributed by atoms with E-state index in [1.54, 1.807) is 17.7 Å². The van der Waals surface area contributed by atoms with Crippen molar-refractivity contribution in [3.05, 3.63) is 35.7 Å². The van der Waals surface area contributed by atoms with E-state index >= 15 is 0 Å². The number of carboxylic acid groups (broad SMARTS) is 1. The van der Waals surface area contributed by atoms with E-state index in [1.807, 2.05) is 17.8 Å². The lowest BCUT2D eigenvalue weighted by molar-refractivity contribution is 0.0685. The number of carbonyl (C=O) groups is 1. The topological polar surface area (TPSA) is 72.9 Å². The fourth-order valence-corrected chi connectivity index (χ4v) is 1.68. The minimum absolute atomic E-state index is 0.201. The van der Waals surface area contributed by atoms with Gasteiger partial charge in [0.1, 0.15) is 11.5 Å². The summed E-state index contributed by atoms with van der Waals surface area (Å²) in [5, 5.41) is 13.2. The van der Waals surface area contributed by atoms with Crippen molar-refractivity contribution in [3.63, 3.8) is 0 Å². The lowest BCUT2D eigenvalue weighted by Gasteiger charge is -2.05. The quantitative estimate of drug-likeness (QED) is 0.861. The first-order valence-corrected chi connectivity index (χ1v) is 5.38. The molecule has 0 radical (unpaired) electrons. The minimum atomic E-state index is -0.964. The molecule has 6 heteroatoms. The summed E-state index contributed by atoms with van der Waals surface area (Å²) in [6.45, 7) is 5.07. The number of rotatable bonds is 4. The molecule has 1 N–H and O–H groups in total. The van der Waals surface area contributed by atoms with Crippen LogP contribution < -0.4 is 0 Å². The number of carboxylic acids is 1. The summed E-state index contributed by atoms with van der Waals surface area (Å²) in [7, 11) is 0. The van der Waals surface area contributed by atoms with Crippen LogP contribution in [0, 0.1) is 6.92 Å². The van der Waals surface area contributed by atoms with E-state index in [9.17, 15) is 4.79 Å². The molecule has 0 spiro atoms. The standard InChI is InChI=1S/C11H14N4O2/c1-3-14-6-9(4-13-14)7-15-8(2)12-5-10(15)11(16)17/h4-6H,3,7H2,1-2H3,(H,16,17). The van der Waals surface area contributed by atoms with Crippen LogP contribution in [0.1, 0.15) is 28.8 Å². The second kappa shape index (κ2) is 4.40. The molecule has 0 unspecified atom stereocenters. The number of aromatic nitrogens is 4. The number of aromatic carboxylic acids is 1. The van der Waals surface area contributed by atoms with Gasteiger partial charge < -0.3 is 9.67 Å². The smallest absolute Gasteiger partial charge is 0.354 e. The molecule has 0 aliphatic heterocycles. The monoisotopic (exact) mass is 234 g/mol. The molecule has 0 aliphatic rings. The third kappa shape index (κ3) is 2.20. The van der Waals surface area contributed by atoms with E-state index in [0.29, 0.717) is 12.4 Å². The second-order valence-corrected chi connectivity index (χ2v) is 3.79. The molecule has 90 valence electrons. The number of imidazole rings is 1. The van der Waals surface area contributed by atoms with E-state index in [0.717, 1.165) is 12.1 Å². The van der Waals surface area contributed by atoms with Crippen molar-refractivity contribution in [3.8, 4) is 0 Å². The summed E-state index contributed by atoms with van der Waals surface area (Å²) in [6, 6.07) is 0. The molecule has 2 aromatic heterocycles. The molecule has 0 saturated carbocycles. The van der Waals surface area contributed by atoms with Gasteiger partial charge in [-0.2, -0.15) is 5.10 Å². The Kier molecular flexibility index (Phi) is 2.95. The van der Waals surface area contributed by atoms with E-state index in [4.69, 9.17) is 5.11 Å². The van der Waals surface area contributed by atoms with Crippen LogP contribution in [0.2, 0.25) is 0 Å². The number of nitrogens with zero attached hydrogens (tertiary/aromatic N) is 4. The van der Waals surface area contributed by atoms with Crippen molar-refractivity contribution in [2.24, 2.45) is 0 Å². The number of aryl methyl sites for hydroxylation is 2. The Bertz CT molecular complexity index is 541. The average molecular weight is 234 g/mol. The van der Waals surface area contributed by atoms with Crippen LogP contribution in [0.3, 0.4) is 0 Å². The molecule has 2 rings (SSSR count). The summed E-state index contributed by atoms with van der Waals surface area (Å²) in [4.78, 5) is 15.0. The molecule has 0 fully saturated rings. The maximum absolute atomic E-state index is 11.0. The molecule has 0 atom stereocenters. The van der Waals surface area contributed by atoms with E-state index < -0.39 is 5.97 Å². The summed E-state index contributed by atoms with van der Waals surface area (Å²) in [6.07, 6.45) is 5.03.